The van der Waals surface area contributed by atoms with Gasteiger partial charge in [0.05, 0.1) is 5.56 Å². The Bertz CT molecular complexity index is 596. The summed E-state index contributed by atoms with van der Waals surface area (Å²) in [5.41, 5.74) is 5.74. The Morgan fingerprint density at radius 2 is 1.46 bits per heavy atom. The molecule has 1 rings (SSSR count). The molecule has 0 radical (unpaired) electrons. The van der Waals surface area contributed by atoms with Crippen LogP contribution < -0.4 is 5.73 Å². The SMILES string of the molecule is CCCCCCCCC=CCCCCCCCC(=O)c1ncccc1C(N)=O. The number of unbranched alkanes of at least 4 members (excludes halogenated alkanes) is 11. The quantitative estimate of drug-likeness (QED) is 0.191. The third-order valence-corrected chi connectivity index (χ3v) is 5.00. The van der Waals surface area contributed by atoms with E-state index in [1.807, 2.05) is 0 Å². The van der Waals surface area contributed by atoms with Crippen LogP contribution in [0.3, 0.4) is 0 Å². The number of Topliss-reactive ketones (excluding diaryl/α,β-unsaturated/α-hetero) is 1. The van der Waals surface area contributed by atoms with Crippen LogP contribution >= 0.6 is 0 Å². The van der Waals surface area contributed by atoms with Gasteiger partial charge < -0.3 is 5.73 Å². The average molecular weight is 387 g/mol. The van der Waals surface area contributed by atoms with E-state index in [0.29, 0.717) is 6.42 Å². The molecule has 0 aliphatic carbocycles. The lowest BCUT2D eigenvalue weighted by Crippen LogP contribution is -2.17. The fourth-order valence-electron chi connectivity index (χ4n) is 3.30. The summed E-state index contributed by atoms with van der Waals surface area (Å²) in [5, 5.41) is 0. The summed E-state index contributed by atoms with van der Waals surface area (Å²) in [5.74, 6) is -0.687. The van der Waals surface area contributed by atoms with Crippen molar-refractivity contribution in [1.29, 1.82) is 0 Å². The fourth-order valence-corrected chi connectivity index (χ4v) is 3.30. The molecule has 1 aromatic rings. The van der Waals surface area contributed by atoms with Crippen LogP contribution in [0.1, 0.15) is 118 Å². The third-order valence-electron chi connectivity index (χ3n) is 5.00. The number of nitrogens with zero attached hydrogens (tertiary/aromatic N) is 1. The zero-order chi connectivity index (χ0) is 20.5. The van der Waals surface area contributed by atoms with Crippen LogP contribution in [0.25, 0.3) is 0 Å². The van der Waals surface area contributed by atoms with Gasteiger partial charge in [0, 0.05) is 12.6 Å². The van der Waals surface area contributed by atoms with E-state index in [0.717, 1.165) is 25.7 Å². The first kappa shape index (κ1) is 24.1. The molecule has 0 atom stereocenters. The number of nitrogens with two attached hydrogens (primary N) is 1. The van der Waals surface area contributed by atoms with Gasteiger partial charge in [-0.2, -0.15) is 0 Å². The van der Waals surface area contributed by atoms with E-state index < -0.39 is 5.91 Å². The number of carbonyl (C=O) groups excluding carboxylic acids is 2. The van der Waals surface area contributed by atoms with Gasteiger partial charge in [-0.3, -0.25) is 14.6 Å². The lowest BCUT2D eigenvalue weighted by Gasteiger charge is -2.04. The van der Waals surface area contributed by atoms with E-state index in [2.05, 4.69) is 24.1 Å². The summed E-state index contributed by atoms with van der Waals surface area (Å²) < 4.78 is 0. The minimum Gasteiger partial charge on any atom is -0.366 e. The maximum Gasteiger partial charge on any atom is 0.251 e. The Kier molecular flexibility index (Phi) is 13.8. The minimum atomic E-state index is -0.596. The first-order chi connectivity index (χ1) is 13.7. The average Bonchev–Trinajstić information content (AvgIpc) is 2.70. The van der Waals surface area contributed by atoms with Crippen LogP contribution in [0.15, 0.2) is 30.5 Å². The lowest BCUT2D eigenvalue weighted by atomic mass is 10.0. The van der Waals surface area contributed by atoms with E-state index in [9.17, 15) is 9.59 Å². The molecule has 0 unspecified atom stereocenters. The first-order valence-electron chi connectivity index (χ1n) is 11.1. The molecule has 0 aromatic carbocycles. The van der Waals surface area contributed by atoms with Crippen LogP contribution in [0, 0.1) is 0 Å². The molecule has 0 saturated carbocycles. The second-order valence-electron chi connectivity index (χ2n) is 7.52. The van der Waals surface area contributed by atoms with Crippen molar-refractivity contribution in [2.45, 2.75) is 96.8 Å². The van der Waals surface area contributed by atoms with Crippen molar-refractivity contribution in [3.63, 3.8) is 0 Å². The van der Waals surface area contributed by atoms with E-state index in [1.165, 1.54) is 64.0 Å². The van der Waals surface area contributed by atoms with Crippen molar-refractivity contribution in [3.8, 4) is 0 Å². The molecule has 0 bridgehead atoms. The van der Waals surface area contributed by atoms with Gasteiger partial charge in [0.1, 0.15) is 5.69 Å². The van der Waals surface area contributed by atoms with Crippen LogP contribution in [0.4, 0.5) is 0 Å². The van der Waals surface area contributed by atoms with Gasteiger partial charge in [0.25, 0.3) is 5.91 Å². The number of amides is 1. The largest absolute Gasteiger partial charge is 0.366 e. The van der Waals surface area contributed by atoms with Crippen molar-refractivity contribution in [2.75, 3.05) is 0 Å². The Labute approximate surface area is 171 Å². The predicted molar refractivity (Wildman–Crippen MR) is 117 cm³/mol. The second-order valence-corrected chi connectivity index (χ2v) is 7.52. The highest BCUT2D eigenvalue weighted by Gasteiger charge is 2.15. The number of aromatic nitrogens is 1. The standard InChI is InChI=1S/C24H38N2O2/c1-2-3-4-5-6-7-8-9-10-11-12-13-14-15-16-19-22(27)23-21(24(25)28)18-17-20-26-23/h9-10,17-18,20H,2-8,11-16,19H2,1H3,(H2,25,28). The molecular weight excluding hydrogens is 348 g/mol. The van der Waals surface area contributed by atoms with E-state index >= 15 is 0 Å². The molecule has 28 heavy (non-hydrogen) atoms. The molecule has 0 aliphatic rings. The molecule has 0 spiro atoms. The zero-order valence-electron chi connectivity index (χ0n) is 17.6. The summed E-state index contributed by atoms with van der Waals surface area (Å²) >= 11 is 0. The smallest absolute Gasteiger partial charge is 0.251 e. The molecule has 156 valence electrons. The van der Waals surface area contributed by atoms with Crippen molar-refractivity contribution in [3.05, 3.63) is 41.7 Å². The molecule has 2 N–H and O–H groups in total. The number of hydrogen-bond acceptors (Lipinski definition) is 3. The van der Waals surface area contributed by atoms with Crippen molar-refractivity contribution in [2.24, 2.45) is 5.73 Å². The molecular formula is C24H38N2O2. The first-order valence-corrected chi connectivity index (χ1v) is 11.1. The fraction of sp³-hybridized carbons (Fsp3) is 0.625. The highest BCUT2D eigenvalue weighted by Crippen LogP contribution is 2.13. The topological polar surface area (TPSA) is 73.1 Å². The predicted octanol–water partition coefficient (Wildman–Crippen LogP) is 6.40. The number of pyridine rings is 1. The Morgan fingerprint density at radius 1 is 0.893 bits per heavy atom. The highest BCUT2D eigenvalue weighted by atomic mass is 16.1. The van der Waals surface area contributed by atoms with E-state index in [-0.39, 0.29) is 17.0 Å². The molecule has 0 aliphatic heterocycles. The number of allylic oxidation sites excluding steroid dienone is 2. The monoisotopic (exact) mass is 386 g/mol. The van der Waals surface area contributed by atoms with Gasteiger partial charge in [-0.15, -0.1) is 0 Å². The van der Waals surface area contributed by atoms with Gasteiger partial charge in [-0.25, -0.2) is 0 Å². The molecule has 1 heterocycles. The molecule has 0 saturated heterocycles. The zero-order valence-corrected chi connectivity index (χ0v) is 17.6. The van der Waals surface area contributed by atoms with Crippen LogP contribution in [-0.2, 0) is 0 Å². The molecule has 4 heteroatoms. The summed E-state index contributed by atoms with van der Waals surface area (Å²) in [7, 11) is 0. The second kappa shape index (κ2) is 16.0. The summed E-state index contributed by atoms with van der Waals surface area (Å²) in [6, 6.07) is 3.18. The van der Waals surface area contributed by atoms with Crippen LogP contribution in [0.2, 0.25) is 0 Å². The summed E-state index contributed by atoms with van der Waals surface area (Å²) in [6.45, 7) is 2.26. The van der Waals surface area contributed by atoms with Gasteiger partial charge >= 0.3 is 0 Å². The van der Waals surface area contributed by atoms with Gasteiger partial charge in [-0.1, -0.05) is 70.4 Å². The van der Waals surface area contributed by atoms with Gasteiger partial charge in [0.15, 0.2) is 5.78 Å². The number of primary amides is 1. The molecule has 1 aromatic heterocycles. The molecule has 4 nitrogen and oxygen atoms in total. The van der Waals surface area contributed by atoms with Gasteiger partial charge in [0.2, 0.25) is 0 Å². The van der Waals surface area contributed by atoms with Crippen LogP contribution in [0.5, 0.6) is 0 Å². The minimum absolute atomic E-state index is 0.0907. The Morgan fingerprint density at radius 3 is 2.07 bits per heavy atom. The normalized spacial score (nSPS) is 11.2. The van der Waals surface area contributed by atoms with E-state index in [1.54, 1.807) is 12.1 Å². The molecule has 1 amide bonds. The number of hydrogen-bond donors (Lipinski definition) is 1. The van der Waals surface area contributed by atoms with E-state index in [4.69, 9.17) is 5.73 Å². The summed E-state index contributed by atoms with van der Waals surface area (Å²) in [4.78, 5) is 27.6. The number of carbonyl (C=O) groups is 2. The van der Waals surface area contributed by atoms with Gasteiger partial charge in [-0.05, 0) is 44.2 Å². The number of rotatable bonds is 17. The van der Waals surface area contributed by atoms with Crippen LogP contribution in [-0.4, -0.2) is 16.7 Å². The third kappa shape index (κ3) is 11.0. The van der Waals surface area contributed by atoms with Crippen molar-refractivity contribution < 1.29 is 9.59 Å². The summed E-state index contributed by atoms with van der Waals surface area (Å²) in [6.07, 6.45) is 22.6. The molecule has 0 fully saturated rings. The number of ketones is 1. The Hall–Kier alpha value is -1.97. The van der Waals surface area contributed by atoms with Crippen molar-refractivity contribution >= 4 is 11.7 Å². The maximum atomic E-state index is 12.2. The highest BCUT2D eigenvalue weighted by molar-refractivity contribution is 6.06. The Balaban J connectivity index is 2.00. The van der Waals surface area contributed by atoms with Crippen molar-refractivity contribution in [1.82, 2.24) is 4.98 Å². The lowest BCUT2D eigenvalue weighted by molar-refractivity contribution is 0.0950. The maximum absolute atomic E-state index is 12.2.